The van der Waals surface area contributed by atoms with Gasteiger partial charge in [0.05, 0.1) is 25.1 Å². The number of carbonyl (C=O) groups excluding carboxylic acids is 1. The lowest BCUT2D eigenvalue weighted by molar-refractivity contribution is -0.139. The number of carbonyl (C=O) groups is 1. The zero-order chi connectivity index (χ0) is 14.7. The van der Waals surface area contributed by atoms with Gasteiger partial charge in [-0.15, -0.1) is 11.3 Å². The number of amides is 1. The topological polar surface area (TPSA) is 66.2 Å². The molecule has 0 aliphatic carbocycles. The Kier molecular flexibility index (Phi) is 3.84. The summed E-state index contributed by atoms with van der Waals surface area (Å²) in [6.07, 6.45) is 1.92. The molecule has 1 saturated heterocycles. The fraction of sp³-hybridized carbons (Fsp3) is 0.267. The average molecular weight is 299 g/mol. The van der Waals surface area contributed by atoms with Crippen LogP contribution in [0.1, 0.15) is 10.4 Å². The first-order chi connectivity index (χ1) is 10.2. The Balaban J connectivity index is 1.47. The molecule has 1 fully saturated rings. The molecule has 0 N–H and O–H groups in total. The van der Waals surface area contributed by atoms with E-state index < -0.39 is 0 Å². The van der Waals surface area contributed by atoms with Crippen LogP contribution in [0.3, 0.4) is 0 Å². The summed E-state index contributed by atoms with van der Waals surface area (Å²) >= 11 is 1.60. The van der Waals surface area contributed by atoms with Crippen LogP contribution in [0.5, 0.6) is 5.88 Å². The van der Waals surface area contributed by atoms with Gasteiger partial charge < -0.3 is 9.64 Å². The molecule has 0 saturated carbocycles. The first kappa shape index (κ1) is 13.6. The van der Waals surface area contributed by atoms with Crippen molar-refractivity contribution in [1.29, 1.82) is 5.26 Å². The van der Waals surface area contributed by atoms with Crippen molar-refractivity contribution in [3.8, 4) is 11.9 Å². The van der Waals surface area contributed by atoms with Crippen molar-refractivity contribution in [2.24, 2.45) is 0 Å². The normalized spacial score (nSPS) is 14.3. The van der Waals surface area contributed by atoms with Crippen LogP contribution >= 0.6 is 11.3 Å². The van der Waals surface area contributed by atoms with Gasteiger partial charge in [0, 0.05) is 17.1 Å². The molecule has 5 nitrogen and oxygen atoms in total. The van der Waals surface area contributed by atoms with Crippen LogP contribution < -0.4 is 4.74 Å². The van der Waals surface area contributed by atoms with E-state index in [-0.39, 0.29) is 12.0 Å². The molecule has 21 heavy (non-hydrogen) atoms. The molecule has 3 rings (SSSR count). The van der Waals surface area contributed by atoms with Gasteiger partial charge in [0.2, 0.25) is 11.8 Å². The largest absolute Gasteiger partial charge is 0.471 e. The van der Waals surface area contributed by atoms with E-state index in [4.69, 9.17) is 10.00 Å². The van der Waals surface area contributed by atoms with E-state index in [9.17, 15) is 4.79 Å². The maximum atomic E-state index is 12.0. The molecule has 0 spiro atoms. The maximum Gasteiger partial charge on any atom is 0.228 e. The lowest BCUT2D eigenvalue weighted by atomic mass is 10.1. The molecule has 1 aliphatic rings. The maximum absolute atomic E-state index is 12.0. The van der Waals surface area contributed by atoms with Gasteiger partial charge in [-0.1, -0.05) is 6.07 Å². The fourth-order valence-corrected chi connectivity index (χ4v) is 2.77. The number of pyridine rings is 1. The van der Waals surface area contributed by atoms with Gasteiger partial charge in [-0.25, -0.2) is 4.98 Å². The molecule has 1 aliphatic heterocycles. The number of hydrogen-bond acceptors (Lipinski definition) is 5. The van der Waals surface area contributed by atoms with Crippen LogP contribution in [0.4, 0.5) is 0 Å². The molecule has 2 aromatic heterocycles. The zero-order valence-corrected chi connectivity index (χ0v) is 12.0. The van der Waals surface area contributed by atoms with Crippen molar-refractivity contribution in [1.82, 2.24) is 9.88 Å². The second-order valence-corrected chi connectivity index (χ2v) is 5.82. The Morgan fingerprint density at radius 2 is 2.33 bits per heavy atom. The predicted octanol–water partition coefficient (Wildman–Crippen LogP) is 1.85. The number of thiophene rings is 1. The van der Waals surface area contributed by atoms with Gasteiger partial charge in [0.25, 0.3) is 0 Å². The zero-order valence-electron chi connectivity index (χ0n) is 11.2. The monoisotopic (exact) mass is 299 g/mol. The Bertz CT molecular complexity index is 655. The van der Waals surface area contributed by atoms with Crippen LogP contribution in [0, 0.1) is 11.3 Å². The van der Waals surface area contributed by atoms with Crippen molar-refractivity contribution in [3.63, 3.8) is 0 Å². The van der Waals surface area contributed by atoms with Gasteiger partial charge in [0.15, 0.2) is 0 Å². The highest BCUT2D eigenvalue weighted by atomic mass is 32.1. The van der Waals surface area contributed by atoms with Gasteiger partial charge in [-0.3, -0.25) is 4.79 Å². The molecule has 6 heteroatoms. The van der Waals surface area contributed by atoms with Crippen molar-refractivity contribution in [2.75, 3.05) is 13.1 Å². The van der Waals surface area contributed by atoms with E-state index in [1.807, 2.05) is 23.6 Å². The van der Waals surface area contributed by atoms with Crippen LogP contribution in [-0.4, -0.2) is 35.0 Å². The molecule has 0 radical (unpaired) electrons. The quantitative estimate of drug-likeness (QED) is 0.864. The number of nitriles is 1. The Labute approximate surface area is 126 Å². The Hall–Kier alpha value is -2.39. The third-order valence-electron chi connectivity index (χ3n) is 3.26. The lowest BCUT2D eigenvalue weighted by Gasteiger charge is -2.38. The summed E-state index contributed by atoms with van der Waals surface area (Å²) in [4.78, 5) is 18.9. The van der Waals surface area contributed by atoms with Crippen molar-refractivity contribution in [3.05, 3.63) is 46.3 Å². The summed E-state index contributed by atoms with van der Waals surface area (Å²) in [6.45, 7) is 1.18. The number of aromatic nitrogens is 1. The highest BCUT2D eigenvalue weighted by Crippen LogP contribution is 2.18. The number of nitrogens with zero attached hydrogens (tertiary/aromatic N) is 3. The summed E-state index contributed by atoms with van der Waals surface area (Å²) in [7, 11) is 0. The minimum atomic E-state index is -0.0160. The van der Waals surface area contributed by atoms with Crippen LogP contribution in [0.15, 0.2) is 35.8 Å². The summed E-state index contributed by atoms with van der Waals surface area (Å²) < 4.78 is 5.65. The molecule has 1 amide bonds. The fourth-order valence-electron chi connectivity index (χ4n) is 2.08. The van der Waals surface area contributed by atoms with Crippen molar-refractivity contribution >= 4 is 17.2 Å². The van der Waals surface area contributed by atoms with Gasteiger partial charge in [-0.05, 0) is 17.5 Å². The first-order valence-electron chi connectivity index (χ1n) is 6.57. The molecule has 106 valence electrons. The Morgan fingerprint density at radius 1 is 1.48 bits per heavy atom. The summed E-state index contributed by atoms with van der Waals surface area (Å²) in [5.74, 6) is 0.620. The van der Waals surface area contributed by atoms with Gasteiger partial charge in [0.1, 0.15) is 12.2 Å². The summed E-state index contributed by atoms with van der Waals surface area (Å²) in [5.41, 5.74) is 0.503. The highest BCUT2D eigenvalue weighted by molar-refractivity contribution is 7.10. The van der Waals surface area contributed by atoms with Crippen LogP contribution in [0.2, 0.25) is 0 Å². The number of rotatable bonds is 4. The van der Waals surface area contributed by atoms with Gasteiger partial charge >= 0.3 is 0 Å². The van der Waals surface area contributed by atoms with Crippen LogP contribution in [0.25, 0.3) is 0 Å². The molecular formula is C15H13N3O2S. The smallest absolute Gasteiger partial charge is 0.228 e. The minimum absolute atomic E-state index is 0.0160. The SMILES string of the molecule is N#Cc1ccc(OC2CN(C(=O)Cc3cccs3)C2)nc1. The predicted molar refractivity (Wildman–Crippen MR) is 78.0 cm³/mol. The molecule has 0 unspecified atom stereocenters. The summed E-state index contributed by atoms with van der Waals surface area (Å²) in [5, 5.41) is 10.7. The van der Waals surface area contributed by atoms with E-state index in [0.29, 0.717) is 31.0 Å². The molecular weight excluding hydrogens is 286 g/mol. The van der Waals surface area contributed by atoms with E-state index in [1.165, 1.54) is 6.20 Å². The lowest BCUT2D eigenvalue weighted by Crippen LogP contribution is -2.56. The molecule has 0 bridgehead atoms. The average Bonchev–Trinajstić information content (AvgIpc) is 2.95. The Morgan fingerprint density at radius 3 is 2.95 bits per heavy atom. The van der Waals surface area contributed by atoms with E-state index in [1.54, 1.807) is 28.4 Å². The molecule has 0 aromatic carbocycles. The second kappa shape index (κ2) is 5.94. The number of ether oxygens (including phenoxy) is 1. The van der Waals surface area contributed by atoms with Crippen molar-refractivity contribution < 1.29 is 9.53 Å². The van der Waals surface area contributed by atoms with E-state index >= 15 is 0 Å². The van der Waals surface area contributed by atoms with Crippen molar-refractivity contribution in [2.45, 2.75) is 12.5 Å². The standard InChI is InChI=1S/C15H13N3O2S/c16-7-11-3-4-14(17-8-11)20-12-9-18(10-12)15(19)6-13-2-1-5-21-13/h1-5,8,12H,6,9-10H2. The first-order valence-corrected chi connectivity index (χ1v) is 7.45. The molecule has 3 heterocycles. The second-order valence-electron chi connectivity index (χ2n) is 4.79. The van der Waals surface area contributed by atoms with Crippen LogP contribution in [-0.2, 0) is 11.2 Å². The minimum Gasteiger partial charge on any atom is -0.471 e. The summed E-state index contributed by atoms with van der Waals surface area (Å²) in [6, 6.07) is 9.27. The number of likely N-dealkylation sites (tertiary alicyclic amines) is 1. The third-order valence-corrected chi connectivity index (χ3v) is 4.14. The molecule has 2 aromatic rings. The van der Waals surface area contributed by atoms with Gasteiger partial charge in [-0.2, -0.15) is 5.26 Å². The number of hydrogen-bond donors (Lipinski definition) is 0. The third kappa shape index (κ3) is 3.20. The highest BCUT2D eigenvalue weighted by Gasteiger charge is 2.32. The van der Waals surface area contributed by atoms with E-state index in [2.05, 4.69) is 4.98 Å². The van der Waals surface area contributed by atoms with E-state index in [0.717, 1.165) is 4.88 Å². The molecule has 0 atom stereocenters.